The number of hydrogen-bond acceptors (Lipinski definition) is 2. The Kier molecular flexibility index (Phi) is 2.14. The third kappa shape index (κ3) is 1.57. The highest BCUT2D eigenvalue weighted by Gasteiger charge is 2.27. The van der Waals surface area contributed by atoms with Crippen molar-refractivity contribution in [3.63, 3.8) is 0 Å². The van der Waals surface area contributed by atoms with E-state index in [-0.39, 0.29) is 0 Å². The summed E-state index contributed by atoms with van der Waals surface area (Å²) in [6, 6.07) is 0.840. The number of rotatable bonds is 1. The van der Waals surface area contributed by atoms with Crippen LogP contribution in [0.25, 0.3) is 0 Å². The molecule has 0 saturated carbocycles. The van der Waals surface area contributed by atoms with Crippen LogP contribution >= 0.6 is 0 Å². The molecule has 0 bridgehead atoms. The third-order valence-electron chi connectivity index (χ3n) is 2.86. The van der Waals surface area contributed by atoms with Crippen LogP contribution in [0.4, 0.5) is 0 Å². The fraction of sp³-hybridized carbons (Fsp3) is 1.00. The molecule has 2 unspecified atom stereocenters. The van der Waals surface area contributed by atoms with E-state index in [0.717, 1.165) is 12.6 Å². The topological polar surface area (TPSA) is 12.5 Å². The van der Waals surface area contributed by atoms with Crippen molar-refractivity contribution in [2.75, 3.05) is 19.7 Å². The lowest BCUT2D eigenvalue weighted by Crippen LogP contribution is -2.48. The van der Waals surface area contributed by atoms with E-state index in [9.17, 15) is 0 Å². The number of nitrogens with zero attached hydrogens (tertiary/aromatic N) is 1. The molecule has 2 aliphatic rings. The lowest BCUT2D eigenvalue weighted by molar-refractivity contribution is -0.0321. The first-order valence-electron chi connectivity index (χ1n) is 4.72. The quantitative estimate of drug-likeness (QED) is 0.565. The minimum atomic E-state index is 0.495. The van der Waals surface area contributed by atoms with Gasteiger partial charge in [0.05, 0.1) is 6.10 Å². The van der Waals surface area contributed by atoms with Crippen molar-refractivity contribution in [2.45, 2.75) is 38.3 Å². The van der Waals surface area contributed by atoms with Gasteiger partial charge >= 0.3 is 0 Å². The van der Waals surface area contributed by atoms with Crippen molar-refractivity contribution in [3.8, 4) is 0 Å². The molecular weight excluding hydrogens is 138 g/mol. The van der Waals surface area contributed by atoms with Crippen LogP contribution < -0.4 is 0 Å². The summed E-state index contributed by atoms with van der Waals surface area (Å²) in [6.07, 6.45) is 4.41. The zero-order valence-electron chi connectivity index (χ0n) is 7.25. The normalized spacial score (nSPS) is 40.1. The summed E-state index contributed by atoms with van der Waals surface area (Å²) in [6.45, 7) is 5.82. The van der Waals surface area contributed by atoms with Crippen LogP contribution in [0.15, 0.2) is 0 Å². The molecule has 0 aromatic carbocycles. The van der Waals surface area contributed by atoms with Crippen LogP contribution in [-0.2, 0) is 4.74 Å². The Hall–Kier alpha value is -0.0800. The van der Waals surface area contributed by atoms with E-state index in [1.165, 1.54) is 32.4 Å². The summed E-state index contributed by atoms with van der Waals surface area (Å²) < 4.78 is 5.50. The van der Waals surface area contributed by atoms with Crippen LogP contribution in [0.3, 0.4) is 0 Å². The molecule has 0 aromatic rings. The second kappa shape index (κ2) is 3.11. The van der Waals surface area contributed by atoms with Gasteiger partial charge in [-0.2, -0.15) is 0 Å². The van der Waals surface area contributed by atoms with Gasteiger partial charge in [0, 0.05) is 12.6 Å². The Morgan fingerprint density at radius 1 is 1.36 bits per heavy atom. The van der Waals surface area contributed by atoms with E-state index >= 15 is 0 Å². The second-order valence-corrected chi connectivity index (χ2v) is 3.75. The van der Waals surface area contributed by atoms with E-state index in [0.29, 0.717) is 6.10 Å². The van der Waals surface area contributed by atoms with Crippen molar-refractivity contribution in [2.24, 2.45) is 0 Å². The summed E-state index contributed by atoms with van der Waals surface area (Å²) in [5.74, 6) is 0. The maximum atomic E-state index is 5.50. The van der Waals surface area contributed by atoms with Gasteiger partial charge in [-0.15, -0.1) is 0 Å². The molecule has 0 N–H and O–H groups in total. The van der Waals surface area contributed by atoms with Crippen molar-refractivity contribution in [3.05, 3.63) is 0 Å². The Bertz CT molecular complexity index is 134. The summed E-state index contributed by atoms with van der Waals surface area (Å²) in [4.78, 5) is 2.60. The molecule has 2 fully saturated rings. The highest BCUT2D eigenvalue weighted by Crippen LogP contribution is 2.22. The van der Waals surface area contributed by atoms with Crippen LogP contribution in [0.5, 0.6) is 0 Å². The van der Waals surface area contributed by atoms with Gasteiger partial charge in [0.1, 0.15) is 0 Å². The molecule has 2 atom stereocenters. The highest BCUT2D eigenvalue weighted by molar-refractivity contribution is 4.82. The predicted octanol–water partition coefficient (Wildman–Crippen LogP) is 1.26. The standard InChI is InChI=1S/C9H17NO/c1-8-7-9(3-6-11-8)10-4-2-5-10/h8-9H,2-7H2,1H3. The molecule has 2 aliphatic heterocycles. The smallest absolute Gasteiger partial charge is 0.0561 e. The maximum absolute atomic E-state index is 5.50. The van der Waals surface area contributed by atoms with Gasteiger partial charge in [-0.25, -0.2) is 0 Å². The average molecular weight is 155 g/mol. The van der Waals surface area contributed by atoms with Gasteiger partial charge in [0.2, 0.25) is 0 Å². The van der Waals surface area contributed by atoms with E-state index in [1.54, 1.807) is 0 Å². The Balaban J connectivity index is 1.82. The molecule has 2 saturated heterocycles. The minimum absolute atomic E-state index is 0.495. The van der Waals surface area contributed by atoms with Crippen LogP contribution in [0, 0.1) is 0 Å². The first kappa shape index (κ1) is 7.56. The lowest BCUT2D eigenvalue weighted by Gasteiger charge is -2.41. The minimum Gasteiger partial charge on any atom is -0.378 e. The predicted molar refractivity (Wildman–Crippen MR) is 44.6 cm³/mol. The zero-order chi connectivity index (χ0) is 7.68. The van der Waals surface area contributed by atoms with Crippen LogP contribution in [0.2, 0.25) is 0 Å². The lowest BCUT2D eigenvalue weighted by atomic mass is 9.99. The van der Waals surface area contributed by atoms with Gasteiger partial charge < -0.3 is 9.64 Å². The summed E-state index contributed by atoms with van der Waals surface area (Å²) in [5, 5.41) is 0. The van der Waals surface area contributed by atoms with E-state index < -0.39 is 0 Å². The van der Waals surface area contributed by atoms with E-state index in [4.69, 9.17) is 4.74 Å². The first-order chi connectivity index (χ1) is 5.36. The van der Waals surface area contributed by atoms with Gasteiger partial charge in [0.15, 0.2) is 0 Å². The van der Waals surface area contributed by atoms with Crippen molar-refractivity contribution in [1.29, 1.82) is 0 Å². The third-order valence-corrected chi connectivity index (χ3v) is 2.86. The molecular formula is C9H17NO. The Morgan fingerprint density at radius 2 is 2.18 bits per heavy atom. The molecule has 0 spiro atoms. The second-order valence-electron chi connectivity index (χ2n) is 3.75. The fourth-order valence-corrected chi connectivity index (χ4v) is 2.01. The molecule has 0 aliphatic carbocycles. The summed E-state index contributed by atoms with van der Waals surface area (Å²) in [5.41, 5.74) is 0. The molecule has 2 nitrogen and oxygen atoms in total. The molecule has 64 valence electrons. The average Bonchev–Trinajstić information content (AvgIpc) is 1.83. The molecule has 11 heavy (non-hydrogen) atoms. The molecule has 0 aromatic heterocycles. The Morgan fingerprint density at radius 3 is 2.73 bits per heavy atom. The van der Waals surface area contributed by atoms with Gasteiger partial charge in [-0.1, -0.05) is 0 Å². The SMILES string of the molecule is CC1CC(N2CCC2)CCO1. The molecule has 2 heteroatoms. The molecule has 0 amide bonds. The molecule has 2 rings (SSSR count). The van der Waals surface area contributed by atoms with Crippen LogP contribution in [-0.4, -0.2) is 36.7 Å². The monoisotopic (exact) mass is 155 g/mol. The van der Waals surface area contributed by atoms with Gasteiger partial charge in [0.25, 0.3) is 0 Å². The zero-order valence-corrected chi connectivity index (χ0v) is 7.25. The maximum Gasteiger partial charge on any atom is 0.0561 e. The van der Waals surface area contributed by atoms with Crippen molar-refractivity contribution < 1.29 is 4.74 Å². The summed E-state index contributed by atoms with van der Waals surface area (Å²) >= 11 is 0. The van der Waals surface area contributed by atoms with E-state index in [1.807, 2.05) is 0 Å². The van der Waals surface area contributed by atoms with Crippen molar-refractivity contribution in [1.82, 2.24) is 4.90 Å². The van der Waals surface area contributed by atoms with E-state index in [2.05, 4.69) is 11.8 Å². The summed E-state index contributed by atoms with van der Waals surface area (Å²) in [7, 11) is 0. The number of hydrogen-bond donors (Lipinski definition) is 0. The van der Waals surface area contributed by atoms with Gasteiger partial charge in [-0.3, -0.25) is 0 Å². The molecule has 0 radical (unpaired) electrons. The molecule has 2 heterocycles. The van der Waals surface area contributed by atoms with Crippen LogP contribution in [0.1, 0.15) is 26.2 Å². The highest BCUT2D eigenvalue weighted by atomic mass is 16.5. The number of likely N-dealkylation sites (tertiary alicyclic amines) is 1. The van der Waals surface area contributed by atoms with Crippen molar-refractivity contribution >= 4 is 0 Å². The largest absolute Gasteiger partial charge is 0.378 e. The number of ether oxygens (including phenoxy) is 1. The first-order valence-corrected chi connectivity index (χ1v) is 4.72. The Labute approximate surface area is 68.5 Å². The fourth-order valence-electron chi connectivity index (χ4n) is 2.01. The van der Waals surface area contributed by atoms with Gasteiger partial charge in [-0.05, 0) is 39.3 Å².